The van der Waals surface area contributed by atoms with Gasteiger partial charge in [-0.2, -0.15) is 0 Å². The minimum Gasteiger partial charge on any atom is -0.376 e. The van der Waals surface area contributed by atoms with Crippen molar-refractivity contribution in [3.05, 3.63) is 29.8 Å². The maximum absolute atomic E-state index is 11.9. The van der Waals surface area contributed by atoms with Crippen molar-refractivity contribution in [2.75, 3.05) is 18.5 Å². The topological polar surface area (TPSA) is 79.5 Å². The summed E-state index contributed by atoms with van der Waals surface area (Å²) in [6.07, 6.45) is 2.54. The van der Waals surface area contributed by atoms with Crippen molar-refractivity contribution < 1.29 is 14.3 Å². The highest BCUT2D eigenvalue weighted by Gasteiger charge is 2.21. The Balaban J connectivity index is 1.73. The first-order chi connectivity index (χ1) is 11.3. The molecule has 0 unspecified atom stereocenters. The summed E-state index contributed by atoms with van der Waals surface area (Å²) in [6.45, 7) is 6.96. The van der Waals surface area contributed by atoms with Crippen LogP contribution >= 0.6 is 0 Å². The smallest absolute Gasteiger partial charge is 0.319 e. The van der Waals surface area contributed by atoms with Crippen LogP contribution in [0.1, 0.15) is 39.2 Å². The Kier molecular flexibility index (Phi) is 6.20. The monoisotopic (exact) mass is 333 g/mol. The van der Waals surface area contributed by atoms with Crippen LogP contribution < -0.4 is 16.0 Å². The summed E-state index contributed by atoms with van der Waals surface area (Å²) in [5.74, 6) is 0.510. The molecule has 1 aliphatic rings. The predicted molar refractivity (Wildman–Crippen MR) is 93.7 cm³/mol. The first-order valence-corrected chi connectivity index (χ1v) is 8.34. The Hall–Kier alpha value is -2.08. The molecule has 0 spiro atoms. The van der Waals surface area contributed by atoms with E-state index in [1.54, 1.807) is 6.07 Å². The molecule has 1 saturated carbocycles. The Morgan fingerprint density at radius 2 is 2.00 bits per heavy atom. The van der Waals surface area contributed by atoms with Crippen molar-refractivity contribution in [1.29, 1.82) is 0 Å². The summed E-state index contributed by atoms with van der Waals surface area (Å²) < 4.78 is 5.65. The van der Waals surface area contributed by atoms with Crippen molar-refractivity contribution >= 4 is 17.6 Å². The van der Waals surface area contributed by atoms with Gasteiger partial charge in [-0.05, 0) is 57.2 Å². The van der Waals surface area contributed by atoms with Gasteiger partial charge in [0.2, 0.25) is 5.91 Å². The average Bonchev–Trinajstić information content (AvgIpc) is 3.28. The fourth-order valence-corrected chi connectivity index (χ4v) is 2.17. The normalized spacial score (nSPS) is 14.1. The van der Waals surface area contributed by atoms with Crippen LogP contribution in [0.3, 0.4) is 0 Å². The lowest BCUT2D eigenvalue weighted by Crippen LogP contribution is -2.46. The van der Waals surface area contributed by atoms with E-state index in [9.17, 15) is 9.59 Å². The molecule has 0 aromatic heterocycles. The third-order valence-electron chi connectivity index (χ3n) is 3.43. The number of benzene rings is 1. The van der Waals surface area contributed by atoms with E-state index in [-0.39, 0.29) is 18.0 Å². The van der Waals surface area contributed by atoms with Gasteiger partial charge >= 0.3 is 6.03 Å². The lowest BCUT2D eigenvalue weighted by molar-refractivity contribution is -0.121. The third kappa shape index (κ3) is 7.46. The number of urea groups is 1. The van der Waals surface area contributed by atoms with Crippen LogP contribution in [-0.4, -0.2) is 30.6 Å². The van der Waals surface area contributed by atoms with E-state index < -0.39 is 6.03 Å². The maximum Gasteiger partial charge on any atom is 0.319 e. The fourth-order valence-electron chi connectivity index (χ4n) is 2.17. The quantitative estimate of drug-likeness (QED) is 0.718. The number of amides is 3. The summed E-state index contributed by atoms with van der Waals surface area (Å²) in [5.41, 5.74) is 1.37. The first-order valence-electron chi connectivity index (χ1n) is 8.34. The highest BCUT2D eigenvalue weighted by Crippen LogP contribution is 2.29. The second-order valence-electron chi connectivity index (χ2n) is 7.26. The van der Waals surface area contributed by atoms with Crippen molar-refractivity contribution in [3.8, 4) is 0 Å². The Morgan fingerprint density at radius 1 is 1.25 bits per heavy atom. The van der Waals surface area contributed by atoms with Gasteiger partial charge in [0.05, 0.1) is 13.2 Å². The minimum atomic E-state index is -0.407. The number of rotatable bonds is 7. The molecular weight excluding hydrogens is 306 g/mol. The second-order valence-corrected chi connectivity index (χ2v) is 7.26. The lowest BCUT2D eigenvalue weighted by atomic mass is 10.1. The van der Waals surface area contributed by atoms with Gasteiger partial charge in [-0.15, -0.1) is 0 Å². The SMILES string of the molecule is CC(C)(C)NC(=O)CNC(=O)Nc1cccc(COCC2CC2)c1. The largest absolute Gasteiger partial charge is 0.376 e. The molecule has 24 heavy (non-hydrogen) atoms. The zero-order valence-electron chi connectivity index (χ0n) is 14.6. The van der Waals surface area contributed by atoms with E-state index >= 15 is 0 Å². The molecule has 0 radical (unpaired) electrons. The Bertz CT molecular complexity index is 577. The summed E-state index contributed by atoms with van der Waals surface area (Å²) in [7, 11) is 0. The van der Waals surface area contributed by atoms with Crippen LogP contribution in [0.25, 0.3) is 0 Å². The molecule has 132 valence electrons. The van der Waals surface area contributed by atoms with Crippen molar-refractivity contribution in [2.45, 2.75) is 45.8 Å². The second kappa shape index (κ2) is 8.15. The van der Waals surface area contributed by atoms with Crippen LogP contribution in [0.2, 0.25) is 0 Å². The average molecular weight is 333 g/mol. The highest BCUT2D eigenvalue weighted by molar-refractivity contribution is 5.92. The van der Waals surface area contributed by atoms with E-state index in [1.165, 1.54) is 12.8 Å². The lowest BCUT2D eigenvalue weighted by Gasteiger charge is -2.20. The van der Waals surface area contributed by atoms with Crippen LogP contribution in [0.15, 0.2) is 24.3 Å². The van der Waals surface area contributed by atoms with Crippen LogP contribution in [0.4, 0.5) is 10.5 Å². The number of carbonyl (C=O) groups excluding carboxylic acids is 2. The van der Waals surface area contributed by atoms with Crippen molar-refractivity contribution in [3.63, 3.8) is 0 Å². The molecule has 0 aliphatic heterocycles. The summed E-state index contributed by atoms with van der Waals surface area (Å²) in [5, 5.41) is 8.06. The van der Waals surface area contributed by atoms with Crippen molar-refractivity contribution in [1.82, 2.24) is 10.6 Å². The first kappa shape index (κ1) is 18.3. The van der Waals surface area contributed by atoms with Gasteiger partial charge in [0.1, 0.15) is 0 Å². The number of ether oxygens (including phenoxy) is 1. The van der Waals surface area contributed by atoms with E-state index in [0.717, 1.165) is 18.1 Å². The zero-order chi connectivity index (χ0) is 17.6. The van der Waals surface area contributed by atoms with Crippen LogP contribution in [0.5, 0.6) is 0 Å². The molecule has 3 amide bonds. The third-order valence-corrected chi connectivity index (χ3v) is 3.43. The molecule has 1 aromatic rings. The molecule has 0 atom stereocenters. The van der Waals surface area contributed by atoms with Gasteiger partial charge in [0.25, 0.3) is 0 Å². The molecule has 0 saturated heterocycles. The van der Waals surface area contributed by atoms with E-state index in [1.807, 2.05) is 39.0 Å². The molecular formula is C18H27N3O3. The van der Waals surface area contributed by atoms with E-state index in [2.05, 4.69) is 16.0 Å². The van der Waals surface area contributed by atoms with E-state index in [0.29, 0.717) is 12.3 Å². The molecule has 2 rings (SSSR count). The molecule has 6 heteroatoms. The highest BCUT2D eigenvalue weighted by atomic mass is 16.5. The molecule has 1 aromatic carbocycles. The van der Waals surface area contributed by atoms with Crippen LogP contribution in [-0.2, 0) is 16.1 Å². The molecule has 0 heterocycles. The Labute approximate surface area is 143 Å². The van der Waals surface area contributed by atoms with Crippen LogP contribution in [0, 0.1) is 5.92 Å². The van der Waals surface area contributed by atoms with Gasteiger partial charge in [-0.1, -0.05) is 12.1 Å². The molecule has 0 bridgehead atoms. The van der Waals surface area contributed by atoms with Gasteiger partial charge in [-0.3, -0.25) is 4.79 Å². The van der Waals surface area contributed by atoms with Crippen molar-refractivity contribution in [2.24, 2.45) is 5.92 Å². The number of carbonyl (C=O) groups is 2. The number of hydrogen-bond acceptors (Lipinski definition) is 3. The van der Waals surface area contributed by atoms with Gasteiger partial charge in [-0.25, -0.2) is 4.79 Å². The number of nitrogens with one attached hydrogen (secondary N) is 3. The summed E-state index contributed by atoms with van der Waals surface area (Å²) in [4.78, 5) is 23.5. The molecule has 3 N–H and O–H groups in total. The number of hydrogen-bond donors (Lipinski definition) is 3. The molecule has 1 aliphatic carbocycles. The maximum atomic E-state index is 11.9. The molecule has 6 nitrogen and oxygen atoms in total. The van der Waals surface area contributed by atoms with Gasteiger partial charge < -0.3 is 20.7 Å². The van der Waals surface area contributed by atoms with Gasteiger partial charge in [0.15, 0.2) is 0 Å². The predicted octanol–water partition coefficient (Wildman–Crippen LogP) is 2.65. The summed E-state index contributed by atoms with van der Waals surface area (Å²) in [6, 6.07) is 7.11. The molecule has 1 fully saturated rings. The fraction of sp³-hybridized carbons (Fsp3) is 0.556. The summed E-state index contributed by atoms with van der Waals surface area (Å²) >= 11 is 0. The minimum absolute atomic E-state index is 0.0622. The zero-order valence-corrected chi connectivity index (χ0v) is 14.6. The van der Waals surface area contributed by atoms with E-state index in [4.69, 9.17) is 4.74 Å². The number of anilines is 1. The Morgan fingerprint density at radius 3 is 2.67 bits per heavy atom. The van der Waals surface area contributed by atoms with Gasteiger partial charge in [0, 0.05) is 17.8 Å². The standard InChI is InChI=1S/C18H27N3O3/c1-18(2,3)21-16(22)10-19-17(23)20-15-6-4-5-14(9-15)12-24-11-13-7-8-13/h4-6,9,13H,7-8,10-12H2,1-3H3,(H,21,22)(H2,19,20,23).